The normalized spacial score (nSPS) is 21.1. The van der Waals surface area contributed by atoms with E-state index in [9.17, 15) is 14.4 Å². The van der Waals surface area contributed by atoms with Crippen LogP contribution in [-0.4, -0.2) is 65.0 Å². The Kier molecular flexibility index (Phi) is 4.34. The molecule has 4 amide bonds. The molecule has 0 saturated carbocycles. The molecule has 0 N–H and O–H groups in total. The summed E-state index contributed by atoms with van der Waals surface area (Å²) in [5, 5.41) is 0. The van der Waals surface area contributed by atoms with Crippen LogP contribution in [0.15, 0.2) is 48.5 Å². The molecule has 8 nitrogen and oxygen atoms in total. The fourth-order valence-corrected chi connectivity index (χ4v) is 4.25. The number of piperazine rings is 1. The van der Waals surface area contributed by atoms with Crippen molar-refractivity contribution in [3.8, 4) is 11.5 Å². The zero-order chi connectivity index (χ0) is 20.8. The lowest BCUT2D eigenvalue weighted by molar-refractivity contribution is -0.130. The van der Waals surface area contributed by atoms with E-state index in [0.717, 1.165) is 5.56 Å². The Morgan fingerprint density at radius 1 is 1.03 bits per heavy atom. The molecule has 2 aromatic carbocycles. The van der Waals surface area contributed by atoms with E-state index < -0.39 is 6.04 Å². The average molecular weight is 407 g/mol. The SMILES string of the molecule is C[C@@H](c1ccccc1)N1C(=O)[C@@H]2CN(C(=O)c3ccc4c(c3)OCO4)CCN2C1=O. The Balaban J connectivity index is 1.34. The lowest BCUT2D eigenvalue weighted by Gasteiger charge is -2.35. The predicted octanol–water partition coefficient (Wildman–Crippen LogP) is 2.27. The van der Waals surface area contributed by atoms with Crippen molar-refractivity contribution >= 4 is 17.8 Å². The molecule has 2 atom stereocenters. The van der Waals surface area contributed by atoms with Crippen molar-refractivity contribution in [1.29, 1.82) is 0 Å². The molecular weight excluding hydrogens is 386 g/mol. The summed E-state index contributed by atoms with van der Waals surface area (Å²) in [6, 6.07) is 13.2. The molecule has 0 aromatic heterocycles. The van der Waals surface area contributed by atoms with E-state index >= 15 is 0 Å². The minimum atomic E-state index is -0.657. The first-order chi connectivity index (χ1) is 14.5. The molecule has 2 aromatic rings. The van der Waals surface area contributed by atoms with Gasteiger partial charge in [-0.05, 0) is 30.7 Å². The average Bonchev–Trinajstić information content (AvgIpc) is 3.35. The molecule has 0 aliphatic carbocycles. The van der Waals surface area contributed by atoms with E-state index in [1.807, 2.05) is 37.3 Å². The summed E-state index contributed by atoms with van der Waals surface area (Å²) in [7, 11) is 0. The van der Waals surface area contributed by atoms with Gasteiger partial charge in [-0.1, -0.05) is 30.3 Å². The number of ether oxygens (including phenoxy) is 2. The van der Waals surface area contributed by atoms with Crippen molar-refractivity contribution < 1.29 is 23.9 Å². The monoisotopic (exact) mass is 407 g/mol. The minimum Gasteiger partial charge on any atom is -0.454 e. The van der Waals surface area contributed by atoms with Gasteiger partial charge in [0.2, 0.25) is 6.79 Å². The van der Waals surface area contributed by atoms with Crippen molar-refractivity contribution in [2.75, 3.05) is 26.4 Å². The van der Waals surface area contributed by atoms with Crippen molar-refractivity contribution in [2.24, 2.45) is 0 Å². The second kappa shape index (κ2) is 7.05. The highest BCUT2D eigenvalue weighted by atomic mass is 16.7. The maximum Gasteiger partial charge on any atom is 0.328 e. The number of rotatable bonds is 3. The highest BCUT2D eigenvalue weighted by Crippen LogP contribution is 2.34. The summed E-state index contributed by atoms with van der Waals surface area (Å²) in [6.45, 7) is 2.86. The number of urea groups is 1. The number of benzene rings is 2. The fourth-order valence-electron chi connectivity index (χ4n) is 4.25. The lowest BCUT2D eigenvalue weighted by atomic mass is 10.1. The van der Waals surface area contributed by atoms with Gasteiger partial charge in [0.05, 0.1) is 12.6 Å². The van der Waals surface area contributed by atoms with Crippen LogP contribution in [0.25, 0.3) is 0 Å². The topological polar surface area (TPSA) is 79.4 Å². The summed E-state index contributed by atoms with van der Waals surface area (Å²) in [6.07, 6.45) is 0. The van der Waals surface area contributed by atoms with E-state index in [4.69, 9.17) is 9.47 Å². The van der Waals surface area contributed by atoms with Gasteiger partial charge in [-0.15, -0.1) is 0 Å². The van der Waals surface area contributed by atoms with Crippen molar-refractivity contribution in [1.82, 2.24) is 14.7 Å². The zero-order valence-corrected chi connectivity index (χ0v) is 16.5. The zero-order valence-electron chi connectivity index (χ0n) is 16.5. The number of hydrogen-bond donors (Lipinski definition) is 0. The van der Waals surface area contributed by atoms with Crippen LogP contribution in [0.3, 0.4) is 0 Å². The number of amides is 4. The smallest absolute Gasteiger partial charge is 0.328 e. The van der Waals surface area contributed by atoms with Crippen LogP contribution in [0.2, 0.25) is 0 Å². The Labute approximate surface area is 173 Å². The molecule has 30 heavy (non-hydrogen) atoms. The van der Waals surface area contributed by atoms with E-state index in [2.05, 4.69) is 0 Å². The number of nitrogens with zero attached hydrogens (tertiary/aromatic N) is 3. The first kappa shape index (κ1) is 18.5. The van der Waals surface area contributed by atoms with Gasteiger partial charge in [0, 0.05) is 18.7 Å². The molecule has 0 radical (unpaired) electrons. The second-order valence-corrected chi connectivity index (χ2v) is 7.61. The van der Waals surface area contributed by atoms with Gasteiger partial charge >= 0.3 is 6.03 Å². The quantitative estimate of drug-likeness (QED) is 0.730. The number of imide groups is 1. The molecule has 154 valence electrons. The summed E-state index contributed by atoms with van der Waals surface area (Å²) >= 11 is 0. The van der Waals surface area contributed by atoms with Crippen LogP contribution in [0.5, 0.6) is 11.5 Å². The molecule has 3 heterocycles. The molecule has 8 heteroatoms. The van der Waals surface area contributed by atoms with Crippen LogP contribution < -0.4 is 9.47 Å². The minimum absolute atomic E-state index is 0.139. The standard InChI is InChI=1S/C22H21N3O5/c1-14(15-5-3-2-4-6-15)25-21(27)17-12-23(9-10-24(17)22(25)28)20(26)16-7-8-18-19(11-16)30-13-29-18/h2-8,11,14,17H,9-10,12-13H2,1H3/t14-,17-/m0/s1. The lowest BCUT2D eigenvalue weighted by Crippen LogP contribution is -2.54. The number of hydrogen-bond acceptors (Lipinski definition) is 5. The van der Waals surface area contributed by atoms with Gasteiger partial charge in [-0.3, -0.25) is 14.5 Å². The third-order valence-corrected chi connectivity index (χ3v) is 5.93. The largest absolute Gasteiger partial charge is 0.454 e. The Hall–Kier alpha value is -3.55. The first-order valence-electron chi connectivity index (χ1n) is 9.92. The first-order valence-corrected chi connectivity index (χ1v) is 9.92. The Bertz CT molecular complexity index is 1020. The van der Waals surface area contributed by atoms with Crippen molar-refractivity contribution in [3.05, 3.63) is 59.7 Å². The summed E-state index contributed by atoms with van der Waals surface area (Å²) in [4.78, 5) is 43.6. The number of carbonyl (C=O) groups is 3. The summed E-state index contributed by atoms with van der Waals surface area (Å²) in [5.74, 6) is 0.690. The third-order valence-electron chi connectivity index (χ3n) is 5.93. The molecule has 3 aliphatic rings. The van der Waals surface area contributed by atoms with Gasteiger partial charge in [-0.25, -0.2) is 4.79 Å². The third kappa shape index (κ3) is 2.87. The second-order valence-electron chi connectivity index (χ2n) is 7.61. The fraction of sp³-hybridized carbons (Fsp3) is 0.318. The maximum atomic E-state index is 13.1. The number of fused-ring (bicyclic) bond motifs is 2. The Morgan fingerprint density at radius 3 is 2.60 bits per heavy atom. The molecular formula is C22H21N3O5. The molecule has 2 saturated heterocycles. The van der Waals surface area contributed by atoms with Gasteiger partial charge < -0.3 is 19.3 Å². The molecule has 3 aliphatic heterocycles. The molecule has 0 unspecified atom stereocenters. The van der Waals surface area contributed by atoms with E-state index in [1.54, 1.807) is 28.0 Å². The molecule has 2 fully saturated rings. The van der Waals surface area contributed by atoms with Crippen molar-refractivity contribution in [3.63, 3.8) is 0 Å². The van der Waals surface area contributed by atoms with Crippen LogP contribution in [0.1, 0.15) is 28.9 Å². The van der Waals surface area contributed by atoms with Gasteiger partial charge in [-0.2, -0.15) is 0 Å². The van der Waals surface area contributed by atoms with Crippen LogP contribution in [0, 0.1) is 0 Å². The molecule has 0 spiro atoms. The maximum absolute atomic E-state index is 13.1. The molecule has 0 bridgehead atoms. The summed E-state index contributed by atoms with van der Waals surface area (Å²) < 4.78 is 10.6. The van der Waals surface area contributed by atoms with Gasteiger partial charge in [0.15, 0.2) is 11.5 Å². The van der Waals surface area contributed by atoms with Crippen LogP contribution in [-0.2, 0) is 4.79 Å². The van der Waals surface area contributed by atoms with Gasteiger partial charge in [0.1, 0.15) is 6.04 Å². The summed E-state index contributed by atoms with van der Waals surface area (Å²) in [5.41, 5.74) is 1.37. The Morgan fingerprint density at radius 2 is 1.80 bits per heavy atom. The highest BCUT2D eigenvalue weighted by Gasteiger charge is 2.50. The predicted molar refractivity (Wildman–Crippen MR) is 106 cm³/mol. The van der Waals surface area contributed by atoms with E-state index in [-0.39, 0.29) is 37.2 Å². The van der Waals surface area contributed by atoms with E-state index in [1.165, 1.54) is 4.90 Å². The number of carbonyl (C=O) groups excluding carboxylic acids is 3. The van der Waals surface area contributed by atoms with Gasteiger partial charge in [0.25, 0.3) is 11.8 Å². The van der Waals surface area contributed by atoms with Crippen molar-refractivity contribution in [2.45, 2.75) is 19.0 Å². The molecule has 5 rings (SSSR count). The van der Waals surface area contributed by atoms with Crippen LogP contribution >= 0.6 is 0 Å². The van der Waals surface area contributed by atoms with E-state index in [0.29, 0.717) is 30.2 Å². The highest BCUT2D eigenvalue weighted by molar-refractivity contribution is 6.05. The van der Waals surface area contributed by atoms with Crippen LogP contribution in [0.4, 0.5) is 4.79 Å².